The van der Waals surface area contributed by atoms with Crippen molar-refractivity contribution in [2.24, 2.45) is 0 Å². The molecule has 3 rings (SSSR count). The van der Waals surface area contributed by atoms with E-state index in [-0.39, 0.29) is 10.6 Å². The largest absolute Gasteiger partial charge is 0.436 e. The van der Waals surface area contributed by atoms with Crippen LogP contribution in [0.4, 0.5) is 0 Å². The van der Waals surface area contributed by atoms with Crippen LogP contribution in [0.1, 0.15) is 23.7 Å². The second-order valence-corrected chi connectivity index (χ2v) is 5.91. The number of benzene rings is 2. The monoisotopic (exact) mass is 343 g/mol. The molecule has 0 N–H and O–H groups in total. The summed E-state index contributed by atoms with van der Waals surface area (Å²) in [5.74, 6) is 0.637. The summed E-state index contributed by atoms with van der Waals surface area (Å²) in [6, 6.07) is 15.1. The predicted octanol–water partition coefficient (Wildman–Crippen LogP) is 4.85. The number of Topliss-reactive ketones (excluding diaryl/α,β-unsaturated/α-hetero) is 1. The molecule has 3 nitrogen and oxygen atoms in total. The van der Waals surface area contributed by atoms with Crippen LogP contribution in [0, 0.1) is 0 Å². The molecule has 0 bridgehead atoms. The quantitative estimate of drug-likeness (QED) is 0.502. The molecule has 21 heavy (non-hydrogen) atoms. The third kappa shape index (κ3) is 2.76. The first kappa shape index (κ1) is 14.0. The fourth-order valence-corrected chi connectivity index (χ4v) is 2.41. The number of hydrogen-bond acceptors (Lipinski definition) is 3. The van der Waals surface area contributed by atoms with E-state index in [0.717, 1.165) is 17.5 Å². The number of aromatic nitrogens is 1. The smallest absolute Gasteiger partial charge is 0.227 e. The molecule has 0 amide bonds. The lowest BCUT2D eigenvalue weighted by molar-refractivity contribution is 0.0990. The van der Waals surface area contributed by atoms with Gasteiger partial charge < -0.3 is 4.42 Å². The van der Waals surface area contributed by atoms with Crippen LogP contribution in [0.2, 0.25) is 0 Å². The Morgan fingerprint density at radius 1 is 1.24 bits per heavy atom. The van der Waals surface area contributed by atoms with Crippen molar-refractivity contribution in [1.82, 2.24) is 4.98 Å². The standard InChI is InChI=1S/C17H14BrNO2/c1-2-13(18)16(20)12-8-9-14-15(10-12)21-17(19-14)11-6-4-3-5-7-11/h3-10,13H,2H2,1H3. The van der Waals surface area contributed by atoms with Gasteiger partial charge in [0.15, 0.2) is 11.4 Å². The molecule has 0 aliphatic carbocycles. The molecule has 0 fully saturated rings. The third-order valence-corrected chi connectivity index (χ3v) is 4.40. The molecule has 106 valence electrons. The molecule has 0 aliphatic heterocycles. The highest BCUT2D eigenvalue weighted by atomic mass is 79.9. The minimum Gasteiger partial charge on any atom is -0.436 e. The Kier molecular flexibility index (Phi) is 3.88. The van der Waals surface area contributed by atoms with Gasteiger partial charge in [0.25, 0.3) is 0 Å². The molecule has 0 saturated heterocycles. The van der Waals surface area contributed by atoms with Gasteiger partial charge in [-0.25, -0.2) is 4.98 Å². The Morgan fingerprint density at radius 3 is 2.71 bits per heavy atom. The van der Waals surface area contributed by atoms with E-state index in [4.69, 9.17) is 4.42 Å². The van der Waals surface area contributed by atoms with Crippen molar-refractivity contribution in [3.05, 3.63) is 54.1 Å². The predicted molar refractivity (Wildman–Crippen MR) is 86.8 cm³/mol. The van der Waals surface area contributed by atoms with Crippen molar-refractivity contribution in [1.29, 1.82) is 0 Å². The Balaban J connectivity index is 2.01. The number of hydrogen-bond donors (Lipinski definition) is 0. The molecule has 1 heterocycles. The van der Waals surface area contributed by atoms with Gasteiger partial charge in [0, 0.05) is 11.1 Å². The van der Waals surface area contributed by atoms with Gasteiger partial charge in [0.2, 0.25) is 5.89 Å². The molecule has 4 heteroatoms. The Labute approximate surface area is 131 Å². The van der Waals surface area contributed by atoms with Gasteiger partial charge >= 0.3 is 0 Å². The molecular formula is C17H14BrNO2. The Hall–Kier alpha value is -1.94. The third-order valence-electron chi connectivity index (χ3n) is 3.34. The minimum absolute atomic E-state index is 0.0667. The highest BCUT2D eigenvalue weighted by molar-refractivity contribution is 9.10. The summed E-state index contributed by atoms with van der Waals surface area (Å²) in [7, 11) is 0. The maximum absolute atomic E-state index is 12.2. The summed E-state index contributed by atoms with van der Waals surface area (Å²) in [5, 5.41) is 0. The molecular weight excluding hydrogens is 330 g/mol. The van der Waals surface area contributed by atoms with E-state index in [9.17, 15) is 4.79 Å². The first-order valence-electron chi connectivity index (χ1n) is 6.83. The van der Waals surface area contributed by atoms with Crippen LogP contribution in [0.15, 0.2) is 52.9 Å². The normalized spacial score (nSPS) is 12.5. The highest BCUT2D eigenvalue weighted by Crippen LogP contribution is 2.25. The molecule has 3 aromatic rings. The van der Waals surface area contributed by atoms with Crippen molar-refractivity contribution in [3.63, 3.8) is 0 Å². The fraction of sp³-hybridized carbons (Fsp3) is 0.176. The van der Waals surface area contributed by atoms with Crippen molar-refractivity contribution < 1.29 is 9.21 Å². The second-order valence-electron chi connectivity index (χ2n) is 4.81. The van der Waals surface area contributed by atoms with Gasteiger partial charge in [0.1, 0.15) is 5.52 Å². The molecule has 2 aromatic carbocycles. The van der Waals surface area contributed by atoms with Crippen LogP contribution in [0.25, 0.3) is 22.6 Å². The number of ketones is 1. The summed E-state index contributed by atoms with van der Waals surface area (Å²) in [5.41, 5.74) is 2.96. The SMILES string of the molecule is CCC(Br)C(=O)c1ccc2nc(-c3ccccc3)oc2c1. The highest BCUT2D eigenvalue weighted by Gasteiger charge is 2.17. The molecule has 0 spiro atoms. The topological polar surface area (TPSA) is 43.1 Å². The fourth-order valence-electron chi connectivity index (χ4n) is 2.15. The lowest BCUT2D eigenvalue weighted by Crippen LogP contribution is -2.12. The molecule has 1 aromatic heterocycles. The van der Waals surface area contributed by atoms with E-state index < -0.39 is 0 Å². The molecule has 0 radical (unpaired) electrons. The first-order chi connectivity index (χ1) is 10.2. The van der Waals surface area contributed by atoms with E-state index in [1.165, 1.54) is 0 Å². The zero-order valence-corrected chi connectivity index (χ0v) is 13.1. The summed E-state index contributed by atoms with van der Waals surface area (Å²) >= 11 is 3.39. The molecule has 0 aliphatic rings. The average molecular weight is 344 g/mol. The average Bonchev–Trinajstić information content (AvgIpc) is 2.97. The summed E-state index contributed by atoms with van der Waals surface area (Å²) in [6.45, 7) is 1.97. The number of rotatable bonds is 4. The lowest BCUT2D eigenvalue weighted by Gasteiger charge is -2.04. The van der Waals surface area contributed by atoms with Crippen LogP contribution >= 0.6 is 15.9 Å². The van der Waals surface area contributed by atoms with Gasteiger partial charge in [-0.15, -0.1) is 0 Å². The van der Waals surface area contributed by atoms with Crippen LogP contribution in [-0.4, -0.2) is 15.6 Å². The maximum atomic E-state index is 12.2. The van der Waals surface area contributed by atoms with Crippen molar-refractivity contribution in [2.45, 2.75) is 18.2 Å². The van der Waals surface area contributed by atoms with E-state index >= 15 is 0 Å². The van der Waals surface area contributed by atoms with Gasteiger partial charge in [-0.2, -0.15) is 0 Å². The molecule has 1 atom stereocenters. The van der Waals surface area contributed by atoms with E-state index in [0.29, 0.717) is 17.0 Å². The lowest BCUT2D eigenvalue weighted by atomic mass is 10.1. The first-order valence-corrected chi connectivity index (χ1v) is 7.75. The number of nitrogens with zero attached hydrogens (tertiary/aromatic N) is 1. The zero-order valence-electron chi connectivity index (χ0n) is 11.5. The number of carbonyl (C=O) groups excluding carboxylic acids is 1. The number of oxazole rings is 1. The van der Waals surface area contributed by atoms with Crippen LogP contribution in [0.3, 0.4) is 0 Å². The Morgan fingerprint density at radius 2 is 2.00 bits per heavy atom. The minimum atomic E-state index is -0.161. The zero-order chi connectivity index (χ0) is 14.8. The van der Waals surface area contributed by atoms with Crippen molar-refractivity contribution in [2.75, 3.05) is 0 Å². The summed E-state index contributed by atoms with van der Waals surface area (Å²) in [6.07, 6.45) is 0.753. The van der Waals surface area contributed by atoms with Crippen LogP contribution in [-0.2, 0) is 0 Å². The van der Waals surface area contributed by atoms with Crippen molar-refractivity contribution >= 4 is 32.8 Å². The van der Waals surface area contributed by atoms with E-state index in [2.05, 4.69) is 20.9 Å². The number of halogens is 1. The number of fused-ring (bicyclic) bond motifs is 1. The molecule has 0 saturated carbocycles. The van der Waals surface area contributed by atoms with Gasteiger partial charge in [-0.05, 0) is 36.8 Å². The van der Waals surface area contributed by atoms with Crippen LogP contribution in [0.5, 0.6) is 0 Å². The Bertz CT molecular complexity index is 780. The number of carbonyl (C=O) groups is 1. The number of alkyl halides is 1. The van der Waals surface area contributed by atoms with Gasteiger partial charge in [-0.1, -0.05) is 41.1 Å². The molecule has 1 unspecified atom stereocenters. The maximum Gasteiger partial charge on any atom is 0.227 e. The van der Waals surface area contributed by atoms with Crippen molar-refractivity contribution in [3.8, 4) is 11.5 Å². The van der Waals surface area contributed by atoms with Gasteiger partial charge in [-0.3, -0.25) is 4.79 Å². The van der Waals surface area contributed by atoms with Crippen LogP contribution < -0.4 is 0 Å². The summed E-state index contributed by atoms with van der Waals surface area (Å²) in [4.78, 5) is 16.5. The van der Waals surface area contributed by atoms with Gasteiger partial charge in [0.05, 0.1) is 4.83 Å². The summed E-state index contributed by atoms with van der Waals surface area (Å²) < 4.78 is 5.78. The van der Waals surface area contributed by atoms with E-state index in [1.54, 1.807) is 12.1 Å². The second kappa shape index (κ2) is 5.82. The van der Waals surface area contributed by atoms with E-state index in [1.807, 2.05) is 43.3 Å².